The molecular formula is C18H18N2O. The maximum absolute atomic E-state index is 11.9. The average molecular weight is 278 g/mol. The zero-order chi connectivity index (χ0) is 14.7. The number of benzene rings is 1. The lowest BCUT2D eigenvalue weighted by atomic mass is 10.1. The van der Waals surface area contributed by atoms with Gasteiger partial charge in [0, 0.05) is 17.8 Å². The van der Waals surface area contributed by atoms with E-state index < -0.39 is 0 Å². The lowest BCUT2D eigenvalue weighted by Crippen LogP contribution is -2.14. The largest absolute Gasteiger partial charge is 0.326 e. The third kappa shape index (κ3) is 3.57. The van der Waals surface area contributed by atoms with E-state index in [4.69, 9.17) is 0 Å². The van der Waals surface area contributed by atoms with Gasteiger partial charge in [-0.25, -0.2) is 0 Å². The monoisotopic (exact) mass is 278 g/mol. The van der Waals surface area contributed by atoms with Gasteiger partial charge in [-0.2, -0.15) is 0 Å². The fourth-order valence-electron chi connectivity index (χ4n) is 2.30. The summed E-state index contributed by atoms with van der Waals surface area (Å²) in [6.07, 6.45) is 6.74. The molecule has 1 heterocycles. The van der Waals surface area contributed by atoms with Gasteiger partial charge in [0.25, 0.3) is 0 Å². The Hall–Kier alpha value is -2.42. The molecule has 2 aromatic rings. The van der Waals surface area contributed by atoms with Crippen molar-refractivity contribution in [2.75, 3.05) is 5.32 Å². The molecule has 1 fully saturated rings. The molecule has 1 aromatic heterocycles. The van der Waals surface area contributed by atoms with Crippen molar-refractivity contribution in [2.45, 2.75) is 13.3 Å². The van der Waals surface area contributed by atoms with Crippen LogP contribution in [0.25, 0.3) is 12.2 Å². The molecule has 3 heteroatoms. The molecule has 21 heavy (non-hydrogen) atoms. The van der Waals surface area contributed by atoms with Crippen molar-refractivity contribution in [3.05, 3.63) is 59.9 Å². The van der Waals surface area contributed by atoms with Crippen LogP contribution in [-0.2, 0) is 4.79 Å². The van der Waals surface area contributed by atoms with Crippen LogP contribution in [0.3, 0.4) is 0 Å². The number of hydrogen-bond donors (Lipinski definition) is 1. The molecule has 1 saturated carbocycles. The smallest absolute Gasteiger partial charge is 0.227 e. The summed E-state index contributed by atoms with van der Waals surface area (Å²) in [7, 11) is 0. The van der Waals surface area contributed by atoms with E-state index in [0.717, 1.165) is 23.4 Å². The molecule has 0 spiro atoms. The first kappa shape index (κ1) is 13.6. The minimum Gasteiger partial charge on any atom is -0.326 e. The fourth-order valence-corrected chi connectivity index (χ4v) is 2.30. The Labute approximate surface area is 124 Å². The maximum Gasteiger partial charge on any atom is 0.227 e. The second-order valence-corrected chi connectivity index (χ2v) is 5.52. The molecule has 0 unspecified atom stereocenters. The first-order chi connectivity index (χ1) is 10.2. The van der Waals surface area contributed by atoms with Gasteiger partial charge in [-0.3, -0.25) is 9.78 Å². The average Bonchev–Trinajstić information content (AvgIpc) is 3.24. The second-order valence-electron chi connectivity index (χ2n) is 5.52. The van der Waals surface area contributed by atoms with Crippen LogP contribution in [0.1, 0.15) is 24.6 Å². The van der Waals surface area contributed by atoms with Crippen molar-refractivity contribution < 1.29 is 4.79 Å². The first-order valence-corrected chi connectivity index (χ1v) is 7.22. The molecule has 2 atom stereocenters. The molecule has 0 radical (unpaired) electrons. The third-order valence-corrected chi connectivity index (χ3v) is 3.73. The topological polar surface area (TPSA) is 42.0 Å². The highest BCUT2D eigenvalue weighted by Crippen LogP contribution is 2.38. The number of carbonyl (C=O) groups excluding carboxylic acids is 1. The van der Waals surface area contributed by atoms with Gasteiger partial charge >= 0.3 is 0 Å². The third-order valence-electron chi connectivity index (χ3n) is 3.73. The van der Waals surface area contributed by atoms with E-state index in [-0.39, 0.29) is 11.8 Å². The fraction of sp³-hybridized carbons (Fsp3) is 0.222. The summed E-state index contributed by atoms with van der Waals surface area (Å²) in [6, 6.07) is 13.7. The van der Waals surface area contributed by atoms with Crippen LogP contribution in [0.15, 0.2) is 48.7 Å². The molecule has 0 saturated heterocycles. The molecule has 1 aromatic carbocycles. The summed E-state index contributed by atoms with van der Waals surface area (Å²) in [5.41, 5.74) is 2.81. The quantitative estimate of drug-likeness (QED) is 0.923. The van der Waals surface area contributed by atoms with Crippen LogP contribution in [0.4, 0.5) is 5.69 Å². The number of rotatable bonds is 4. The Kier molecular flexibility index (Phi) is 3.82. The minimum absolute atomic E-state index is 0.133. The van der Waals surface area contributed by atoms with Crippen LogP contribution in [0.2, 0.25) is 0 Å². The molecule has 0 bridgehead atoms. The summed E-state index contributed by atoms with van der Waals surface area (Å²) in [4.78, 5) is 16.2. The van der Waals surface area contributed by atoms with Crippen molar-refractivity contribution >= 4 is 23.7 Å². The molecule has 1 amide bonds. The number of nitrogens with one attached hydrogen (secondary N) is 1. The Morgan fingerprint density at radius 2 is 2.10 bits per heavy atom. The highest BCUT2D eigenvalue weighted by atomic mass is 16.2. The molecular weight excluding hydrogens is 260 g/mol. The van der Waals surface area contributed by atoms with Gasteiger partial charge in [0.05, 0.1) is 5.69 Å². The summed E-state index contributed by atoms with van der Waals surface area (Å²) >= 11 is 0. The van der Waals surface area contributed by atoms with Gasteiger partial charge in [-0.1, -0.05) is 31.2 Å². The number of anilines is 1. The van der Waals surface area contributed by atoms with Gasteiger partial charge in [-0.15, -0.1) is 0 Å². The van der Waals surface area contributed by atoms with E-state index in [0.29, 0.717) is 5.92 Å². The summed E-state index contributed by atoms with van der Waals surface area (Å²) in [6.45, 7) is 2.11. The molecule has 1 N–H and O–H groups in total. The number of aromatic nitrogens is 1. The Morgan fingerprint density at radius 1 is 1.24 bits per heavy atom. The van der Waals surface area contributed by atoms with E-state index in [2.05, 4.69) is 17.2 Å². The summed E-state index contributed by atoms with van der Waals surface area (Å²) in [5.74, 6) is 0.850. The van der Waals surface area contributed by atoms with Crippen LogP contribution in [0.5, 0.6) is 0 Å². The number of pyridine rings is 1. The van der Waals surface area contributed by atoms with Crippen molar-refractivity contribution in [3.8, 4) is 0 Å². The standard InChI is InChI=1S/C18H18N2O/c1-13-11-17(13)18(21)20-16-7-4-5-14(12-16)8-9-15-6-2-3-10-19-15/h2-10,12-13,17H,11H2,1H3,(H,20,21)/b9-8-/t13-,17+/m1/s1. The van der Waals surface area contributed by atoms with E-state index in [1.165, 1.54) is 0 Å². The summed E-state index contributed by atoms with van der Waals surface area (Å²) in [5, 5.41) is 2.98. The molecule has 3 rings (SSSR count). The van der Waals surface area contributed by atoms with Crippen LogP contribution in [0, 0.1) is 11.8 Å². The molecule has 0 aliphatic heterocycles. The van der Waals surface area contributed by atoms with Gasteiger partial charge in [0.15, 0.2) is 0 Å². The molecule has 3 nitrogen and oxygen atoms in total. The SMILES string of the molecule is C[C@@H]1C[C@@H]1C(=O)Nc1cccc(/C=C\c2ccccn2)c1. The maximum atomic E-state index is 11.9. The number of hydrogen-bond acceptors (Lipinski definition) is 2. The van der Waals surface area contributed by atoms with Crippen LogP contribution >= 0.6 is 0 Å². The normalized spacial score (nSPS) is 20.4. The van der Waals surface area contributed by atoms with E-state index in [1.54, 1.807) is 6.20 Å². The predicted molar refractivity (Wildman–Crippen MR) is 85.5 cm³/mol. The lowest BCUT2D eigenvalue weighted by molar-refractivity contribution is -0.117. The number of carbonyl (C=O) groups is 1. The molecule has 106 valence electrons. The highest BCUT2D eigenvalue weighted by Gasteiger charge is 2.38. The Morgan fingerprint density at radius 3 is 2.81 bits per heavy atom. The minimum atomic E-state index is 0.133. The van der Waals surface area contributed by atoms with Crippen LogP contribution < -0.4 is 5.32 Å². The Bertz CT molecular complexity index is 664. The van der Waals surface area contributed by atoms with E-state index in [1.807, 2.05) is 54.6 Å². The van der Waals surface area contributed by atoms with Crippen LogP contribution in [-0.4, -0.2) is 10.9 Å². The van der Waals surface area contributed by atoms with E-state index in [9.17, 15) is 4.79 Å². The first-order valence-electron chi connectivity index (χ1n) is 7.22. The van der Waals surface area contributed by atoms with Gasteiger partial charge in [-0.05, 0) is 48.2 Å². The lowest BCUT2D eigenvalue weighted by Gasteiger charge is -2.05. The molecule has 1 aliphatic carbocycles. The van der Waals surface area contributed by atoms with Crippen molar-refractivity contribution in [3.63, 3.8) is 0 Å². The summed E-state index contributed by atoms with van der Waals surface area (Å²) < 4.78 is 0. The number of amides is 1. The van der Waals surface area contributed by atoms with Gasteiger partial charge < -0.3 is 5.32 Å². The molecule has 1 aliphatic rings. The van der Waals surface area contributed by atoms with Crippen molar-refractivity contribution in [2.24, 2.45) is 11.8 Å². The zero-order valence-electron chi connectivity index (χ0n) is 12.0. The highest BCUT2D eigenvalue weighted by molar-refractivity contribution is 5.94. The Balaban J connectivity index is 1.68. The number of nitrogens with zero attached hydrogens (tertiary/aromatic N) is 1. The van der Waals surface area contributed by atoms with Gasteiger partial charge in [0.1, 0.15) is 0 Å². The second kappa shape index (κ2) is 5.92. The predicted octanol–water partition coefficient (Wildman–Crippen LogP) is 3.85. The van der Waals surface area contributed by atoms with E-state index >= 15 is 0 Å². The van der Waals surface area contributed by atoms with Crippen molar-refractivity contribution in [1.29, 1.82) is 0 Å². The van der Waals surface area contributed by atoms with Crippen molar-refractivity contribution in [1.82, 2.24) is 4.98 Å². The zero-order valence-corrected chi connectivity index (χ0v) is 12.0. The van der Waals surface area contributed by atoms with Gasteiger partial charge in [0.2, 0.25) is 5.91 Å².